The van der Waals surface area contributed by atoms with E-state index in [0.29, 0.717) is 51.2 Å². The zero-order chi connectivity index (χ0) is 35.6. The molecule has 1 atom stereocenters. The van der Waals surface area contributed by atoms with Crippen LogP contribution in [0.15, 0.2) is 54.6 Å². The van der Waals surface area contributed by atoms with Crippen molar-refractivity contribution in [1.82, 2.24) is 29.2 Å². The largest absolute Gasteiger partial charge is 0.416 e. The Kier molecular flexibility index (Phi) is 10.9. The first-order valence-corrected chi connectivity index (χ1v) is 18.7. The Labute approximate surface area is 300 Å². The van der Waals surface area contributed by atoms with Gasteiger partial charge < -0.3 is 5.11 Å². The highest BCUT2D eigenvalue weighted by atomic mass is 35.5. The van der Waals surface area contributed by atoms with E-state index < -0.39 is 34.0 Å². The fraction of sp³-hybridized carbons (Fsp3) is 0.333. The number of benzene rings is 2. The van der Waals surface area contributed by atoms with Crippen LogP contribution in [-0.4, -0.2) is 70.8 Å². The van der Waals surface area contributed by atoms with Crippen molar-refractivity contribution in [2.75, 3.05) is 26.2 Å². The van der Waals surface area contributed by atoms with Crippen molar-refractivity contribution in [3.63, 3.8) is 0 Å². The van der Waals surface area contributed by atoms with Gasteiger partial charge in [-0.2, -0.15) is 35.7 Å². The number of nitrogens with one attached hydrogen (secondary N) is 2. The molecule has 2 saturated heterocycles. The van der Waals surface area contributed by atoms with Crippen molar-refractivity contribution < 1.29 is 31.5 Å². The molecular formula is C33H31Cl2F3N6O4S2. The van der Waals surface area contributed by atoms with E-state index in [1.807, 2.05) is 0 Å². The fourth-order valence-electron chi connectivity index (χ4n) is 5.68. The molecule has 3 N–H and O–H groups in total. The molecule has 0 radical (unpaired) electrons. The molecule has 2 aromatic heterocycles. The van der Waals surface area contributed by atoms with E-state index in [1.165, 1.54) is 34.2 Å². The van der Waals surface area contributed by atoms with Gasteiger partial charge in [-0.25, -0.2) is 9.69 Å². The Morgan fingerprint density at radius 1 is 1.02 bits per heavy atom. The minimum Gasteiger partial charge on any atom is -0.392 e. The molecule has 4 aromatic rings. The predicted octanol–water partition coefficient (Wildman–Crippen LogP) is 5.86. The van der Waals surface area contributed by atoms with Crippen LogP contribution < -0.4 is 10.1 Å². The standard InChI is InChI=1S/C33H31Cl2F3N6O4S2/c34-23-9-12-28(27(35)18-23)44-31(29-13-11-25(49-29)10-6-21-4-7-22(8-5-21)33(36,37)38)26(19-39-50(47,48)43-17-14-24(45)20-43)30(40-44)32(46)41-42-15-2-1-3-16-42/h4-5,7-9,11-13,18,24,39,45H,1-3,14-17,19-20H2,(H,41,46). The summed E-state index contributed by atoms with van der Waals surface area (Å²) in [6.07, 6.45) is -2.10. The van der Waals surface area contributed by atoms with E-state index in [4.69, 9.17) is 28.3 Å². The summed E-state index contributed by atoms with van der Waals surface area (Å²) in [5, 5.41) is 17.1. The molecule has 4 heterocycles. The van der Waals surface area contributed by atoms with Crippen LogP contribution >= 0.6 is 34.5 Å². The van der Waals surface area contributed by atoms with E-state index in [-0.39, 0.29) is 35.9 Å². The molecule has 1 amide bonds. The number of hydrogen-bond acceptors (Lipinski definition) is 7. The average molecular weight is 768 g/mol. The van der Waals surface area contributed by atoms with E-state index in [1.54, 1.807) is 29.3 Å². The molecule has 0 saturated carbocycles. The lowest BCUT2D eigenvalue weighted by molar-refractivity contribution is -0.137. The highest BCUT2D eigenvalue weighted by Gasteiger charge is 2.33. The highest BCUT2D eigenvalue weighted by Crippen LogP contribution is 2.37. The number of rotatable bonds is 8. The number of alkyl halides is 3. The number of aromatic nitrogens is 2. The van der Waals surface area contributed by atoms with Gasteiger partial charge in [-0.1, -0.05) is 41.5 Å². The van der Waals surface area contributed by atoms with Crippen LogP contribution in [-0.2, 0) is 22.9 Å². The van der Waals surface area contributed by atoms with Crippen LogP contribution in [0.5, 0.6) is 0 Å². The lowest BCUT2D eigenvalue weighted by Crippen LogP contribution is -2.45. The van der Waals surface area contributed by atoms with Crippen LogP contribution in [0.4, 0.5) is 13.2 Å². The van der Waals surface area contributed by atoms with Crippen LogP contribution in [0.1, 0.15) is 57.7 Å². The normalized spacial score (nSPS) is 17.4. The Hall–Kier alpha value is -3.46. The first-order chi connectivity index (χ1) is 23.8. The molecule has 2 fully saturated rings. The van der Waals surface area contributed by atoms with Gasteiger partial charge in [0.25, 0.3) is 16.1 Å². The number of hydrazine groups is 1. The number of amides is 1. The molecule has 2 aliphatic heterocycles. The average Bonchev–Trinajstić information content (AvgIpc) is 3.82. The van der Waals surface area contributed by atoms with Gasteiger partial charge in [0.1, 0.15) is 0 Å². The van der Waals surface area contributed by atoms with Crippen molar-refractivity contribution in [3.8, 4) is 28.1 Å². The smallest absolute Gasteiger partial charge is 0.392 e. The summed E-state index contributed by atoms with van der Waals surface area (Å²) in [6, 6.07) is 12.7. The van der Waals surface area contributed by atoms with E-state index in [9.17, 15) is 31.5 Å². The summed E-state index contributed by atoms with van der Waals surface area (Å²) >= 11 is 14.1. The summed E-state index contributed by atoms with van der Waals surface area (Å²) in [6.45, 7) is 1.04. The number of aliphatic hydroxyl groups excluding tert-OH is 1. The summed E-state index contributed by atoms with van der Waals surface area (Å²) in [5.74, 6) is 5.31. The molecule has 0 bridgehead atoms. The molecule has 2 aromatic carbocycles. The third-order valence-corrected chi connectivity index (χ3v) is 11.3. The zero-order valence-corrected chi connectivity index (χ0v) is 29.4. The second-order valence-corrected chi connectivity index (χ2v) is 15.5. The molecule has 2 aliphatic rings. The Balaban J connectivity index is 1.43. The van der Waals surface area contributed by atoms with Gasteiger partial charge in [-0.3, -0.25) is 10.2 Å². The Morgan fingerprint density at radius 2 is 1.76 bits per heavy atom. The number of piperidine rings is 1. The van der Waals surface area contributed by atoms with E-state index in [0.717, 1.165) is 35.7 Å². The molecule has 1 unspecified atom stereocenters. The van der Waals surface area contributed by atoms with Gasteiger partial charge in [0.2, 0.25) is 0 Å². The number of β-amino-alcohol motifs (C(OH)–C–C–N with tert-alkyl or cyclic N) is 1. The summed E-state index contributed by atoms with van der Waals surface area (Å²) in [7, 11) is -4.06. The van der Waals surface area contributed by atoms with Gasteiger partial charge in [0, 0.05) is 48.9 Å². The molecule has 17 heteroatoms. The number of halogens is 5. The third kappa shape index (κ3) is 8.35. The predicted molar refractivity (Wildman–Crippen MR) is 185 cm³/mol. The summed E-state index contributed by atoms with van der Waals surface area (Å²) < 4.78 is 70.9. The van der Waals surface area contributed by atoms with Crippen molar-refractivity contribution in [2.45, 2.75) is 44.5 Å². The van der Waals surface area contributed by atoms with Gasteiger partial charge >= 0.3 is 6.18 Å². The van der Waals surface area contributed by atoms with Crippen LogP contribution in [0, 0.1) is 11.8 Å². The van der Waals surface area contributed by atoms with Crippen molar-refractivity contribution in [3.05, 3.63) is 91.9 Å². The van der Waals surface area contributed by atoms with Gasteiger partial charge in [0.15, 0.2) is 5.69 Å². The first kappa shape index (κ1) is 36.3. The number of carbonyl (C=O) groups excluding carboxylic acids is 1. The minimum atomic E-state index is -4.46. The molecule has 50 heavy (non-hydrogen) atoms. The van der Waals surface area contributed by atoms with E-state index in [2.05, 4.69) is 22.0 Å². The number of carbonyl (C=O) groups is 1. The second-order valence-electron chi connectivity index (χ2n) is 11.8. The summed E-state index contributed by atoms with van der Waals surface area (Å²) in [4.78, 5) is 15.0. The Morgan fingerprint density at radius 3 is 2.42 bits per heavy atom. The highest BCUT2D eigenvalue weighted by molar-refractivity contribution is 7.87. The van der Waals surface area contributed by atoms with Crippen molar-refractivity contribution in [1.29, 1.82) is 0 Å². The number of thiophene rings is 1. The molecule has 264 valence electrons. The maximum Gasteiger partial charge on any atom is 0.416 e. The van der Waals surface area contributed by atoms with Crippen LogP contribution in [0.25, 0.3) is 16.3 Å². The fourth-order valence-corrected chi connectivity index (χ4v) is 8.30. The van der Waals surface area contributed by atoms with Gasteiger partial charge in [-0.05, 0) is 73.9 Å². The quantitative estimate of drug-likeness (QED) is 0.194. The monoisotopic (exact) mass is 766 g/mol. The Bertz CT molecular complexity index is 2050. The van der Waals surface area contributed by atoms with Crippen molar-refractivity contribution in [2.24, 2.45) is 0 Å². The lowest BCUT2D eigenvalue weighted by Gasteiger charge is -2.26. The summed E-state index contributed by atoms with van der Waals surface area (Å²) in [5.41, 5.74) is 3.49. The molecular weight excluding hydrogens is 736 g/mol. The molecule has 0 aliphatic carbocycles. The van der Waals surface area contributed by atoms with Crippen molar-refractivity contribution >= 4 is 50.7 Å². The lowest BCUT2D eigenvalue weighted by atomic mass is 10.1. The first-order valence-electron chi connectivity index (χ1n) is 15.6. The van der Waals surface area contributed by atoms with Crippen LogP contribution in [0.2, 0.25) is 10.0 Å². The van der Waals surface area contributed by atoms with E-state index >= 15 is 0 Å². The van der Waals surface area contributed by atoms with Gasteiger partial charge in [0.05, 0.1) is 37.8 Å². The SMILES string of the molecule is O=C(NN1CCCCC1)c1nn(-c2ccc(Cl)cc2Cl)c(-c2ccc(C#Cc3ccc(C(F)(F)F)cc3)s2)c1CNS(=O)(=O)N1CCC(O)C1. The molecule has 6 rings (SSSR count). The number of aliphatic hydroxyl groups is 1. The number of hydrogen-bond donors (Lipinski definition) is 3. The van der Waals surface area contributed by atoms with Gasteiger partial charge in [-0.15, -0.1) is 11.3 Å². The maximum absolute atomic E-state index is 13.9. The molecule has 0 spiro atoms. The second kappa shape index (κ2) is 15.0. The van der Waals surface area contributed by atoms with Crippen LogP contribution in [0.3, 0.4) is 0 Å². The third-order valence-electron chi connectivity index (χ3n) is 8.23. The maximum atomic E-state index is 13.9. The topological polar surface area (TPSA) is 120 Å². The number of nitrogens with zero attached hydrogens (tertiary/aromatic N) is 4. The molecule has 10 nitrogen and oxygen atoms in total. The minimum absolute atomic E-state index is 0.0356. The zero-order valence-electron chi connectivity index (χ0n) is 26.3.